The summed E-state index contributed by atoms with van der Waals surface area (Å²) in [6.45, 7) is -0.733. The van der Waals surface area contributed by atoms with Gasteiger partial charge in [-0.25, -0.2) is 0 Å². The molecule has 2 aliphatic rings. The lowest BCUT2D eigenvalue weighted by Gasteiger charge is -2.41. The number of carbonyl (C=O) groups excluding carboxylic acids is 1. The number of Topliss-reactive ketones (excluding diaryl/α,β-unsaturated/α-hetero) is 1. The highest BCUT2D eigenvalue weighted by Crippen LogP contribution is 2.49. The third-order valence-electron chi connectivity index (χ3n) is 5.74. The maximum absolute atomic E-state index is 12.9. The molecule has 0 unspecified atom stereocenters. The summed E-state index contributed by atoms with van der Waals surface area (Å²) in [5.74, 6) is -2.73. The summed E-state index contributed by atoms with van der Waals surface area (Å²) in [4.78, 5) is 12.9. The van der Waals surface area contributed by atoms with Crippen molar-refractivity contribution in [3.63, 3.8) is 0 Å². The molecular weight excluding hydrogens is 428 g/mol. The van der Waals surface area contributed by atoms with Crippen molar-refractivity contribution in [2.75, 3.05) is 6.61 Å². The van der Waals surface area contributed by atoms with Crippen LogP contribution in [0, 0.1) is 0 Å². The topological polar surface area (TPSA) is 197 Å². The average Bonchev–Trinajstić information content (AvgIpc) is 2.76. The minimum absolute atomic E-state index is 0.0368. The highest BCUT2D eigenvalue weighted by Gasteiger charge is 2.48. The smallest absolute Gasteiger partial charge is 0.202 e. The van der Waals surface area contributed by atoms with Crippen molar-refractivity contribution in [2.45, 2.75) is 42.7 Å². The van der Waals surface area contributed by atoms with Crippen LogP contribution in [-0.4, -0.2) is 83.8 Å². The summed E-state index contributed by atoms with van der Waals surface area (Å²) in [6.07, 6.45) is -11.1. The third-order valence-corrected chi connectivity index (χ3v) is 5.74. The first-order valence-corrected chi connectivity index (χ1v) is 9.72. The van der Waals surface area contributed by atoms with Crippen molar-refractivity contribution in [3.05, 3.63) is 47.0 Å². The van der Waals surface area contributed by atoms with Crippen LogP contribution >= 0.6 is 0 Å². The summed E-state index contributed by atoms with van der Waals surface area (Å²) in [7, 11) is 0. The molecule has 2 aliphatic heterocycles. The minimum Gasteiger partial charge on any atom is -0.508 e. The number of aliphatic hydroxyl groups is 5. The molecule has 11 nitrogen and oxygen atoms in total. The van der Waals surface area contributed by atoms with Crippen LogP contribution in [0.3, 0.4) is 0 Å². The molecule has 1 saturated heterocycles. The Morgan fingerprint density at radius 1 is 0.875 bits per heavy atom. The number of ether oxygens (including phenoxy) is 2. The quantitative estimate of drug-likeness (QED) is 0.285. The molecule has 0 aromatic heterocycles. The zero-order chi connectivity index (χ0) is 23.3. The Morgan fingerprint density at radius 2 is 1.53 bits per heavy atom. The fourth-order valence-electron chi connectivity index (χ4n) is 4.00. The maximum atomic E-state index is 12.9. The number of phenols is 3. The van der Waals surface area contributed by atoms with Gasteiger partial charge in [0.1, 0.15) is 59.1 Å². The lowest BCUT2D eigenvalue weighted by molar-refractivity contribution is -0.232. The van der Waals surface area contributed by atoms with E-state index < -0.39 is 77.7 Å². The van der Waals surface area contributed by atoms with E-state index in [1.54, 1.807) is 0 Å². The number of aliphatic hydroxyl groups excluding tert-OH is 5. The van der Waals surface area contributed by atoms with E-state index in [1.807, 2.05) is 0 Å². The molecule has 0 amide bonds. The summed E-state index contributed by atoms with van der Waals surface area (Å²) in [5.41, 5.74) is -0.600. The molecule has 0 spiro atoms. The molecule has 2 aromatic rings. The molecule has 172 valence electrons. The van der Waals surface area contributed by atoms with Gasteiger partial charge in [-0.15, -0.1) is 0 Å². The maximum Gasteiger partial charge on any atom is 0.202 e. The zero-order valence-electron chi connectivity index (χ0n) is 16.4. The highest BCUT2D eigenvalue weighted by molar-refractivity contribution is 6.06. The van der Waals surface area contributed by atoms with Crippen LogP contribution in [0.5, 0.6) is 23.0 Å². The van der Waals surface area contributed by atoms with E-state index in [2.05, 4.69) is 0 Å². The van der Waals surface area contributed by atoms with E-state index in [4.69, 9.17) is 9.47 Å². The SMILES string of the molecule is O=C1c2c(cc(O)c([C@H]3O[C@H](CO)[C@@H](O)[C@H](O)[C@H]3O)c2O)O[C@@H](c2ccc(O)cc2)[C@H]1O. The Hall–Kier alpha value is -2.93. The Labute approximate surface area is 181 Å². The van der Waals surface area contributed by atoms with Gasteiger partial charge in [0, 0.05) is 6.07 Å². The van der Waals surface area contributed by atoms with E-state index in [0.29, 0.717) is 5.56 Å². The minimum atomic E-state index is -1.82. The number of aromatic hydroxyl groups is 3. The van der Waals surface area contributed by atoms with Crippen LogP contribution < -0.4 is 4.74 Å². The molecule has 0 radical (unpaired) electrons. The average molecular weight is 450 g/mol. The molecule has 4 rings (SSSR count). The van der Waals surface area contributed by atoms with E-state index in [-0.39, 0.29) is 11.5 Å². The molecule has 0 bridgehead atoms. The van der Waals surface area contributed by atoms with Gasteiger partial charge < -0.3 is 50.3 Å². The summed E-state index contributed by atoms with van der Waals surface area (Å²) < 4.78 is 11.0. The second-order valence-corrected chi connectivity index (χ2v) is 7.72. The fraction of sp³-hybridized carbons (Fsp3) is 0.381. The second-order valence-electron chi connectivity index (χ2n) is 7.72. The molecular formula is C21H22O11. The molecule has 11 heteroatoms. The molecule has 0 aliphatic carbocycles. The van der Waals surface area contributed by atoms with Crippen LogP contribution in [0.25, 0.3) is 0 Å². The van der Waals surface area contributed by atoms with Gasteiger partial charge in [0.15, 0.2) is 12.2 Å². The van der Waals surface area contributed by atoms with E-state index in [0.717, 1.165) is 6.07 Å². The molecule has 2 heterocycles. The van der Waals surface area contributed by atoms with E-state index >= 15 is 0 Å². The first-order valence-electron chi connectivity index (χ1n) is 9.72. The van der Waals surface area contributed by atoms with Crippen LogP contribution in [0.15, 0.2) is 30.3 Å². The zero-order valence-corrected chi connectivity index (χ0v) is 16.4. The van der Waals surface area contributed by atoms with Gasteiger partial charge in [-0.1, -0.05) is 12.1 Å². The van der Waals surface area contributed by atoms with E-state index in [9.17, 15) is 45.6 Å². The van der Waals surface area contributed by atoms with Gasteiger partial charge in [0.25, 0.3) is 0 Å². The number of phenolic OH excluding ortho intramolecular Hbond substituents is 3. The first kappa shape index (κ1) is 22.3. The molecule has 1 fully saturated rings. The monoisotopic (exact) mass is 450 g/mol. The fourth-order valence-corrected chi connectivity index (χ4v) is 4.00. The van der Waals surface area contributed by atoms with Gasteiger partial charge in [-0.2, -0.15) is 0 Å². The molecule has 32 heavy (non-hydrogen) atoms. The number of benzene rings is 2. The van der Waals surface area contributed by atoms with Crippen molar-refractivity contribution in [3.8, 4) is 23.0 Å². The Balaban J connectivity index is 1.76. The van der Waals surface area contributed by atoms with Crippen LogP contribution in [0.1, 0.15) is 33.7 Å². The number of ketones is 1. The predicted molar refractivity (Wildman–Crippen MR) is 104 cm³/mol. The number of carbonyl (C=O) groups is 1. The number of hydrogen-bond acceptors (Lipinski definition) is 11. The third kappa shape index (κ3) is 3.45. The first-order chi connectivity index (χ1) is 15.1. The second kappa shape index (κ2) is 8.20. The van der Waals surface area contributed by atoms with Gasteiger partial charge in [0.05, 0.1) is 12.2 Å². The van der Waals surface area contributed by atoms with Crippen molar-refractivity contribution < 1.29 is 55.1 Å². The predicted octanol–water partition coefficient (Wildman–Crippen LogP) is -1.00. The van der Waals surface area contributed by atoms with Crippen LogP contribution in [-0.2, 0) is 4.74 Å². The van der Waals surface area contributed by atoms with Crippen LogP contribution in [0.2, 0.25) is 0 Å². The summed E-state index contributed by atoms with van der Waals surface area (Å²) >= 11 is 0. The number of fused-ring (bicyclic) bond motifs is 1. The van der Waals surface area contributed by atoms with Crippen molar-refractivity contribution in [1.82, 2.24) is 0 Å². The normalized spacial score (nSPS) is 32.3. The molecule has 7 atom stereocenters. The van der Waals surface area contributed by atoms with Crippen molar-refractivity contribution in [2.24, 2.45) is 0 Å². The molecule has 8 N–H and O–H groups in total. The van der Waals surface area contributed by atoms with E-state index in [1.165, 1.54) is 24.3 Å². The lowest BCUT2D eigenvalue weighted by Crippen LogP contribution is -2.55. The summed E-state index contributed by atoms with van der Waals surface area (Å²) in [5, 5.41) is 80.9. The number of rotatable bonds is 3. The van der Waals surface area contributed by atoms with Gasteiger partial charge in [0.2, 0.25) is 5.78 Å². The Morgan fingerprint density at radius 3 is 2.16 bits per heavy atom. The van der Waals surface area contributed by atoms with Gasteiger partial charge in [-0.05, 0) is 17.7 Å². The van der Waals surface area contributed by atoms with Crippen molar-refractivity contribution in [1.29, 1.82) is 0 Å². The Kier molecular flexibility index (Phi) is 5.71. The van der Waals surface area contributed by atoms with Gasteiger partial charge >= 0.3 is 0 Å². The van der Waals surface area contributed by atoms with Crippen LogP contribution in [0.4, 0.5) is 0 Å². The standard InChI is InChI=1S/C21H22O11/c22-6-11-14(25)17(28)19(30)21(32-11)12-9(24)5-10-13(15(12)26)16(27)18(29)20(31-10)7-1-3-8(23)4-2-7/h1-5,11,14,17-26,28-30H,6H2/t11-,14-,17+,18+,19-,20+,21-/m1/s1. The highest BCUT2D eigenvalue weighted by atomic mass is 16.5. The van der Waals surface area contributed by atoms with Crippen molar-refractivity contribution >= 4 is 5.78 Å². The lowest BCUT2D eigenvalue weighted by atomic mass is 9.86. The molecule has 0 saturated carbocycles. The summed E-state index contributed by atoms with van der Waals surface area (Å²) in [6, 6.07) is 6.53. The molecule has 2 aromatic carbocycles. The largest absolute Gasteiger partial charge is 0.508 e. The Bertz CT molecular complexity index is 1020. The number of hydrogen-bond donors (Lipinski definition) is 8. The van der Waals surface area contributed by atoms with Gasteiger partial charge in [-0.3, -0.25) is 4.79 Å².